The van der Waals surface area contributed by atoms with Gasteiger partial charge in [-0.2, -0.15) is 0 Å². The predicted molar refractivity (Wildman–Crippen MR) is 54.8 cm³/mol. The number of aliphatic hydroxyl groups is 2. The second kappa shape index (κ2) is 5.20. The lowest BCUT2D eigenvalue weighted by Crippen LogP contribution is -2.21. The molecule has 0 bridgehead atoms. The Morgan fingerprint density at radius 1 is 1.50 bits per heavy atom. The lowest BCUT2D eigenvalue weighted by Gasteiger charge is -2.12. The quantitative estimate of drug-likeness (QED) is 0.800. The molecule has 1 aromatic carbocycles. The Morgan fingerprint density at radius 3 is 2.79 bits per heavy atom. The van der Waals surface area contributed by atoms with Crippen LogP contribution in [-0.4, -0.2) is 29.5 Å². The molecule has 0 saturated carbocycles. The highest BCUT2D eigenvalue weighted by molar-refractivity contribution is 6.32. The minimum Gasteiger partial charge on any atom is -0.489 e. The Balaban J connectivity index is 2.66. The van der Waals surface area contributed by atoms with E-state index in [2.05, 4.69) is 0 Å². The van der Waals surface area contributed by atoms with Crippen molar-refractivity contribution in [2.75, 3.05) is 13.2 Å². The minimum atomic E-state index is -0.870. The molecular weight excluding hydrogens is 204 g/mol. The molecule has 2 N–H and O–H groups in total. The third-order valence-electron chi connectivity index (χ3n) is 1.79. The van der Waals surface area contributed by atoms with Crippen molar-refractivity contribution >= 4 is 11.6 Å². The van der Waals surface area contributed by atoms with Crippen LogP contribution in [-0.2, 0) is 0 Å². The second-order valence-corrected chi connectivity index (χ2v) is 3.44. The van der Waals surface area contributed by atoms with E-state index in [4.69, 9.17) is 26.6 Å². The number of benzene rings is 1. The average molecular weight is 217 g/mol. The molecule has 0 aliphatic carbocycles. The molecular formula is C10H13ClO3. The van der Waals surface area contributed by atoms with Crippen LogP contribution in [0.2, 0.25) is 5.02 Å². The van der Waals surface area contributed by atoms with Crippen molar-refractivity contribution in [3.8, 4) is 5.75 Å². The number of hydrogen-bond acceptors (Lipinski definition) is 3. The molecule has 0 aliphatic heterocycles. The largest absolute Gasteiger partial charge is 0.489 e. The van der Waals surface area contributed by atoms with Crippen LogP contribution in [0.1, 0.15) is 5.56 Å². The third kappa shape index (κ3) is 2.87. The monoisotopic (exact) mass is 216 g/mol. The first kappa shape index (κ1) is 11.3. The number of ether oxygens (including phenoxy) is 1. The van der Waals surface area contributed by atoms with Crippen molar-refractivity contribution in [2.45, 2.75) is 13.0 Å². The fourth-order valence-electron chi connectivity index (χ4n) is 1.03. The molecule has 14 heavy (non-hydrogen) atoms. The van der Waals surface area contributed by atoms with Crippen LogP contribution in [0, 0.1) is 6.92 Å². The number of rotatable bonds is 4. The number of aliphatic hydroxyl groups excluding tert-OH is 2. The molecule has 0 radical (unpaired) electrons. The van der Waals surface area contributed by atoms with Gasteiger partial charge in [-0.3, -0.25) is 0 Å². The van der Waals surface area contributed by atoms with Gasteiger partial charge in [0, 0.05) is 0 Å². The number of aryl methyl sites for hydroxylation is 1. The number of hydrogen-bond donors (Lipinski definition) is 2. The minimum absolute atomic E-state index is 0.0427. The summed E-state index contributed by atoms with van der Waals surface area (Å²) in [6.07, 6.45) is -0.870. The molecule has 78 valence electrons. The van der Waals surface area contributed by atoms with Crippen molar-refractivity contribution in [2.24, 2.45) is 0 Å². The average Bonchev–Trinajstić information content (AvgIpc) is 2.16. The lowest BCUT2D eigenvalue weighted by molar-refractivity contribution is 0.0534. The smallest absolute Gasteiger partial charge is 0.140 e. The summed E-state index contributed by atoms with van der Waals surface area (Å²) in [6.45, 7) is 1.59. The van der Waals surface area contributed by atoms with Gasteiger partial charge >= 0.3 is 0 Å². The van der Waals surface area contributed by atoms with Crippen molar-refractivity contribution in [1.82, 2.24) is 0 Å². The molecule has 1 atom stereocenters. The predicted octanol–water partition coefficient (Wildman–Crippen LogP) is 1.38. The standard InChI is InChI=1S/C10H13ClO3/c1-7-3-2-4-9(11)10(7)14-6-8(13)5-12/h2-4,8,12-13H,5-6H2,1H3/t8-/m1/s1. The van der Waals surface area contributed by atoms with Crippen LogP contribution in [0.5, 0.6) is 5.75 Å². The van der Waals surface area contributed by atoms with Crippen molar-refractivity contribution in [3.05, 3.63) is 28.8 Å². The highest BCUT2D eigenvalue weighted by atomic mass is 35.5. The molecule has 1 rings (SSSR count). The number of halogens is 1. The summed E-state index contributed by atoms with van der Waals surface area (Å²) in [4.78, 5) is 0. The Morgan fingerprint density at radius 2 is 2.21 bits per heavy atom. The van der Waals surface area contributed by atoms with Gasteiger partial charge in [-0.1, -0.05) is 23.7 Å². The summed E-state index contributed by atoms with van der Waals surface area (Å²) in [5.74, 6) is 0.557. The molecule has 3 nitrogen and oxygen atoms in total. The van der Waals surface area contributed by atoms with E-state index in [1.54, 1.807) is 6.07 Å². The molecule has 0 saturated heterocycles. The molecule has 0 unspecified atom stereocenters. The molecule has 1 aromatic rings. The van der Waals surface area contributed by atoms with E-state index in [9.17, 15) is 0 Å². The van der Waals surface area contributed by atoms with E-state index in [0.29, 0.717) is 10.8 Å². The van der Waals surface area contributed by atoms with Gasteiger partial charge < -0.3 is 14.9 Å². The second-order valence-electron chi connectivity index (χ2n) is 3.03. The summed E-state index contributed by atoms with van der Waals surface area (Å²) >= 11 is 5.89. The zero-order chi connectivity index (χ0) is 10.6. The maximum absolute atomic E-state index is 9.08. The van der Waals surface area contributed by atoms with E-state index >= 15 is 0 Å². The van der Waals surface area contributed by atoms with Crippen LogP contribution in [0.25, 0.3) is 0 Å². The normalized spacial score (nSPS) is 12.6. The molecule has 0 aliphatic rings. The third-order valence-corrected chi connectivity index (χ3v) is 2.09. The van der Waals surface area contributed by atoms with Gasteiger partial charge in [0.15, 0.2) is 0 Å². The first-order valence-corrected chi connectivity index (χ1v) is 4.69. The maximum atomic E-state index is 9.08. The summed E-state index contributed by atoms with van der Waals surface area (Å²) in [5, 5.41) is 18.2. The molecule has 0 amide bonds. The Labute approximate surface area is 87.9 Å². The molecule has 0 spiro atoms. The summed E-state index contributed by atoms with van der Waals surface area (Å²) in [5.41, 5.74) is 0.905. The van der Waals surface area contributed by atoms with Gasteiger partial charge in [0.1, 0.15) is 18.5 Å². The maximum Gasteiger partial charge on any atom is 0.140 e. The van der Waals surface area contributed by atoms with E-state index in [0.717, 1.165) is 5.56 Å². The van der Waals surface area contributed by atoms with Gasteiger partial charge in [-0.25, -0.2) is 0 Å². The lowest BCUT2D eigenvalue weighted by atomic mass is 10.2. The highest BCUT2D eigenvalue weighted by Gasteiger charge is 2.07. The van der Waals surface area contributed by atoms with Crippen LogP contribution in [0.3, 0.4) is 0 Å². The molecule has 0 heterocycles. The fraction of sp³-hybridized carbons (Fsp3) is 0.400. The van der Waals surface area contributed by atoms with Gasteiger partial charge in [0.05, 0.1) is 11.6 Å². The van der Waals surface area contributed by atoms with Crippen LogP contribution < -0.4 is 4.74 Å². The van der Waals surface area contributed by atoms with E-state index < -0.39 is 6.10 Å². The van der Waals surface area contributed by atoms with Crippen molar-refractivity contribution in [1.29, 1.82) is 0 Å². The molecule has 0 fully saturated rings. The first-order chi connectivity index (χ1) is 6.65. The van der Waals surface area contributed by atoms with Gasteiger partial charge in [0.25, 0.3) is 0 Å². The van der Waals surface area contributed by atoms with Crippen LogP contribution in [0.15, 0.2) is 18.2 Å². The molecule has 4 heteroatoms. The van der Waals surface area contributed by atoms with E-state index in [-0.39, 0.29) is 13.2 Å². The van der Waals surface area contributed by atoms with Crippen LogP contribution >= 0.6 is 11.6 Å². The Bertz CT molecular complexity index is 281. The van der Waals surface area contributed by atoms with E-state index in [1.165, 1.54) is 0 Å². The highest BCUT2D eigenvalue weighted by Crippen LogP contribution is 2.27. The summed E-state index contributed by atoms with van der Waals surface area (Å²) in [6, 6.07) is 5.41. The van der Waals surface area contributed by atoms with E-state index in [1.807, 2.05) is 19.1 Å². The topological polar surface area (TPSA) is 49.7 Å². The van der Waals surface area contributed by atoms with Crippen LogP contribution in [0.4, 0.5) is 0 Å². The Kier molecular flexibility index (Phi) is 4.20. The zero-order valence-electron chi connectivity index (χ0n) is 7.90. The fourth-order valence-corrected chi connectivity index (χ4v) is 1.31. The van der Waals surface area contributed by atoms with Gasteiger partial charge in [-0.15, -0.1) is 0 Å². The summed E-state index contributed by atoms with van der Waals surface area (Å²) in [7, 11) is 0. The zero-order valence-corrected chi connectivity index (χ0v) is 8.66. The van der Waals surface area contributed by atoms with Crippen molar-refractivity contribution in [3.63, 3.8) is 0 Å². The first-order valence-electron chi connectivity index (χ1n) is 4.32. The number of para-hydroxylation sites is 1. The van der Waals surface area contributed by atoms with Gasteiger partial charge in [-0.05, 0) is 18.6 Å². The molecule has 0 aromatic heterocycles. The van der Waals surface area contributed by atoms with Gasteiger partial charge in [0.2, 0.25) is 0 Å². The Hall–Kier alpha value is -0.770. The SMILES string of the molecule is Cc1cccc(Cl)c1OC[C@H](O)CO. The summed E-state index contributed by atoms with van der Waals surface area (Å²) < 4.78 is 5.28. The van der Waals surface area contributed by atoms with Crippen molar-refractivity contribution < 1.29 is 14.9 Å².